The Morgan fingerprint density at radius 3 is 2.43 bits per heavy atom. The number of anilines is 1. The number of imidazole rings is 1. The van der Waals surface area contributed by atoms with Gasteiger partial charge in [0.05, 0.1) is 22.2 Å². The van der Waals surface area contributed by atoms with Crippen LogP contribution in [0.25, 0.3) is 16.9 Å². The molecule has 0 saturated heterocycles. The Morgan fingerprint density at radius 2 is 1.70 bits per heavy atom. The fraction of sp³-hybridized carbons (Fsp3) is 0.0833. The lowest BCUT2D eigenvalue weighted by molar-refractivity contribution is -0.113. The van der Waals surface area contributed by atoms with Crippen LogP contribution in [0.4, 0.5) is 5.69 Å². The van der Waals surface area contributed by atoms with Crippen molar-refractivity contribution in [3.05, 3.63) is 95.6 Å². The standard InChI is InChI=1S/C24H20ClN3OS/c1-17-11-13-19(14-12-17)28-15-22(18-7-3-2-4-8-18)27-24(28)30-16-23(29)26-21-10-6-5-9-20(21)25/h2-15H,16H2,1H3,(H,26,29). The van der Waals surface area contributed by atoms with Gasteiger partial charge in [-0.3, -0.25) is 9.36 Å². The van der Waals surface area contributed by atoms with Crippen LogP contribution in [0, 0.1) is 6.92 Å². The van der Waals surface area contributed by atoms with Crippen molar-refractivity contribution < 1.29 is 4.79 Å². The summed E-state index contributed by atoms with van der Waals surface area (Å²) in [4.78, 5) is 17.3. The average molecular weight is 434 g/mol. The summed E-state index contributed by atoms with van der Waals surface area (Å²) in [5.41, 5.74) is 4.70. The minimum atomic E-state index is -0.132. The molecule has 150 valence electrons. The molecule has 0 spiro atoms. The van der Waals surface area contributed by atoms with Crippen LogP contribution >= 0.6 is 23.4 Å². The molecule has 4 rings (SSSR count). The molecule has 1 N–H and O–H groups in total. The second-order valence-electron chi connectivity index (χ2n) is 6.80. The van der Waals surface area contributed by atoms with Gasteiger partial charge in [0.15, 0.2) is 5.16 Å². The van der Waals surface area contributed by atoms with Crippen LogP contribution in [0.15, 0.2) is 90.2 Å². The summed E-state index contributed by atoms with van der Waals surface area (Å²) >= 11 is 7.53. The number of carbonyl (C=O) groups excluding carboxylic acids is 1. The van der Waals surface area contributed by atoms with Crippen molar-refractivity contribution in [1.82, 2.24) is 9.55 Å². The highest BCUT2D eigenvalue weighted by atomic mass is 35.5. The molecule has 1 heterocycles. The smallest absolute Gasteiger partial charge is 0.234 e. The number of nitrogens with zero attached hydrogens (tertiary/aromatic N) is 2. The predicted octanol–water partition coefficient (Wildman–Crippen LogP) is 6.23. The van der Waals surface area contributed by atoms with Crippen molar-refractivity contribution in [1.29, 1.82) is 0 Å². The Bertz CT molecular complexity index is 1160. The van der Waals surface area contributed by atoms with Crippen molar-refractivity contribution in [3.63, 3.8) is 0 Å². The quantitative estimate of drug-likeness (QED) is 0.366. The van der Waals surface area contributed by atoms with E-state index in [1.165, 1.54) is 17.3 Å². The largest absolute Gasteiger partial charge is 0.324 e. The Kier molecular flexibility index (Phi) is 6.21. The van der Waals surface area contributed by atoms with Crippen LogP contribution in [0.1, 0.15) is 5.56 Å². The molecule has 0 unspecified atom stereocenters. The number of para-hydroxylation sites is 1. The van der Waals surface area contributed by atoms with Crippen LogP contribution in [0.2, 0.25) is 5.02 Å². The molecule has 0 bridgehead atoms. The van der Waals surface area contributed by atoms with E-state index in [0.717, 1.165) is 22.1 Å². The molecule has 0 aliphatic carbocycles. The average Bonchev–Trinajstić information content (AvgIpc) is 3.19. The third kappa shape index (κ3) is 4.75. The number of aryl methyl sites for hydroxylation is 1. The summed E-state index contributed by atoms with van der Waals surface area (Å²) in [6, 6.07) is 25.5. The van der Waals surface area contributed by atoms with Gasteiger partial charge in [0, 0.05) is 17.4 Å². The summed E-state index contributed by atoms with van der Waals surface area (Å²) < 4.78 is 2.02. The summed E-state index contributed by atoms with van der Waals surface area (Å²) in [7, 11) is 0. The number of carbonyl (C=O) groups is 1. The van der Waals surface area contributed by atoms with Crippen LogP contribution in [-0.4, -0.2) is 21.2 Å². The maximum atomic E-state index is 12.5. The van der Waals surface area contributed by atoms with Gasteiger partial charge in [0.2, 0.25) is 5.91 Å². The van der Waals surface area contributed by atoms with Gasteiger partial charge in [-0.05, 0) is 31.2 Å². The van der Waals surface area contributed by atoms with Gasteiger partial charge in [-0.25, -0.2) is 4.98 Å². The number of amides is 1. The van der Waals surface area contributed by atoms with E-state index in [2.05, 4.69) is 36.5 Å². The number of hydrogen-bond acceptors (Lipinski definition) is 3. The number of benzene rings is 3. The first-order valence-electron chi connectivity index (χ1n) is 9.49. The maximum absolute atomic E-state index is 12.5. The van der Waals surface area contributed by atoms with E-state index in [4.69, 9.17) is 16.6 Å². The molecule has 3 aromatic carbocycles. The maximum Gasteiger partial charge on any atom is 0.234 e. The monoisotopic (exact) mass is 433 g/mol. The molecule has 0 saturated carbocycles. The third-order valence-electron chi connectivity index (χ3n) is 4.54. The van der Waals surface area contributed by atoms with Crippen LogP contribution < -0.4 is 5.32 Å². The minimum Gasteiger partial charge on any atom is -0.324 e. The van der Waals surface area contributed by atoms with E-state index in [1.54, 1.807) is 12.1 Å². The van der Waals surface area contributed by atoms with Crippen molar-refractivity contribution >= 4 is 35.0 Å². The van der Waals surface area contributed by atoms with Crippen molar-refractivity contribution in [2.24, 2.45) is 0 Å². The molecule has 30 heavy (non-hydrogen) atoms. The topological polar surface area (TPSA) is 46.9 Å². The van der Waals surface area contributed by atoms with Gasteiger partial charge in [0.25, 0.3) is 0 Å². The molecule has 1 aromatic heterocycles. The van der Waals surface area contributed by atoms with Crippen molar-refractivity contribution in [2.75, 3.05) is 11.1 Å². The highest BCUT2D eigenvalue weighted by Crippen LogP contribution is 2.28. The Morgan fingerprint density at radius 1 is 1.00 bits per heavy atom. The number of hydrogen-bond donors (Lipinski definition) is 1. The highest BCUT2D eigenvalue weighted by molar-refractivity contribution is 7.99. The van der Waals surface area contributed by atoms with Crippen molar-refractivity contribution in [3.8, 4) is 16.9 Å². The molecular weight excluding hydrogens is 414 g/mol. The first-order valence-corrected chi connectivity index (χ1v) is 10.9. The van der Waals surface area contributed by atoms with Crippen LogP contribution in [-0.2, 0) is 4.79 Å². The Hall–Kier alpha value is -3.02. The SMILES string of the molecule is Cc1ccc(-n2cc(-c3ccccc3)nc2SCC(=O)Nc2ccccc2Cl)cc1. The first-order chi connectivity index (χ1) is 14.6. The molecule has 6 heteroatoms. The molecule has 0 fully saturated rings. The normalized spacial score (nSPS) is 10.7. The second-order valence-corrected chi connectivity index (χ2v) is 8.15. The third-order valence-corrected chi connectivity index (χ3v) is 5.82. The molecule has 4 nitrogen and oxygen atoms in total. The fourth-order valence-electron chi connectivity index (χ4n) is 2.98. The number of nitrogens with one attached hydrogen (secondary N) is 1. The van der Waals surface area contributed by atoms with Gasteiger partial charge >= 0.3 is 0 Å². The van der Waals surface area contributed by atoms with Gasteiger partial charge in [0.1, 0.15) is 0 Å². The molecule has 0 aliphatic heterocycles. The predicted molar refractivity (Wildman–Crippen MR) is 125 cm³/mol. The van der Waals surface area contributed by atoms with Crippen molar-refractivity contribution in [2.45, 2.75) is 12.1 Å². The second kappa shape index (κ2) is 9.20. The van der Waals surface area contributed by atoms with E-state index in [9.17, 15) is 4.79 Å². The van der Waals surface area contributed by atoms with Gasteiger partial charge in [-0.1, -0.05) is 83.5 Å². The fourth-order valence-corrected chi connectivity index (χ4v) is 3.96. The highest BCUT2D eigenvalue weighted by Gasteiger charge is 2.14. The van der Waals surface area contributed by atoms with E-state index in [1.807, 2.05) is 53.2 Å². The molecule has 0 atom stereocenters. The molecule has 4 aromatic rings. The molecule has 0 aliphatic rings. The number of rotatable bonds is 6. The van der Waals surface area contributed by atoms with Gasteiger partial charge in [-0.15, -0.1) is 0 Å². The number of halogens is 1. The zero-order valence-electron chi connectivity index (χ0n) is 16.4. The molecule has 1 amide bonds. The zero-order valence-corrected chi connectivity index (χ0v) is 18.0. The summed E-state index contributed by atoms with van der Waals surface area (Å²) in [5.74, 6) is 0.0929. The lowest BCUT2D eigenvalue weighted by Crippen LogP contribution is -2.14. The lowest BCUT2D eigenvalue weighted by Gasteiger charge is -2.09. The van der Waals surface area contributed by atoms with Gasteiger partial charge in [-0.2, -0.15) is 0 Å². The Labute approximate surface area is 184 Å². The molecule has 0 radical (unpaired) electrons. The van der Waals surface area contributed by atoms with E-state index < -0.39 is 0 Å². The number of thioether (sulfide) groups is 1. The minimum absolute atomic E-state index is 0.132. The van der Waals surface area contributed by atoms with E-state index in [0.29, 0.717) is 10.7 Å². The Balaban J connectivity index is 1.58. The lowest BCUT2D eigenvalue weighted by atomic mass is 10.2. The van der Waals surface area contributed by atoms with E-state index >= 15 is 0 Å². The van der Waals surface area contributed by atoms with Gasteiger partial charge < -0.3 is 5.32 Å². The first kappa shape index (κ1) is 20.3. The zero-order chi connectivity index (χ0) is 20.9. The van der Waals surface area contributed by atoms with E-state index in [-0.39, 0.29) is 11.7 Å². The summed E-state index contributed by atoms with van der Waals surface area (Å²) in [5, 5.41) is 4.13. The van der Waals surface area contributed by atoms with Crippen LogP contribution in [0.3, 0.4) is 0 Å². The summed E-state index contributed by atoms with van der Waals surface area (Å²) in [6.45, 7) is 2.06. The number of aromatic nitrogens is 2. The van der Waals surface area contributed by atoms with Crippen LogP contribution in [0.5, 0.6) is 0 Å². The molecular formula is C24H20ClN3OS. The summed E-state index contributed by atoms with van der Waals surface area (Å²) in [6.07, 6.45) is 2.01.